The Morgan fingerprint density at radius 2 is 2.12 bits per heavy atom. The molecule has 0 atom stereocenters. The molecule has 132 valence electrons. The van der Waals surface area contributed by atoms with E-state index in [0.29, 0.717) is 12.0 Å². The summed E-state index contributed by atoms with van der Waals surface area (Å²) in [7, 11) is 0. The Labute approximate surface area is 147 Å². The molecule has 1 N–H and O–H groups in total. The van der Waals surface area contributed by atoms with E-state index >= 15 is 0 Å². The molecule has 9 heteroatoms. The second-order valence-electron chi connectivity index (χ2n) is 4.93. The minimum Gasteiger partial charge on any atom is -0.434 e. The highest BCUT2D eigenvalue weighted by molar-refractivity contribution is 7.13. The highest BCUT2D eigenvalue weighted by Crippen LogP contribution is 2.32. The number of ether oxygens (including phenoxy) is 2. The average molecular weight is 364 g/mol. The van der Waals surface area contributed by atoms with Crippen LogP contribution in [0.1, 0.15) is 19.8 Å². The highest BCUT2D eigenvalue weighted by Gasteiger charge is 2.20. The van der Waals surface area contributed by atoms with Gasteiger partial charge in [0.2, 0.25) is 0 Å². The van der Waals surface area contributed by atoms with Crippen molar-refractivity contribution < 1.29 is 24.0 Å². The zero-order valence-electron chi connectivity index (χ0n) is 13.4. The van der Waals surface area contributed by atoms with Crippen molar-refractivity contribution in [3.63, 3.8) is 0 Å². The third-order valence-corrected chi connectivity index (χ3v) is 4.05. The summed E-state index contributed by atoms with van der Waals surface area (Å²) >= 11 is 1.44. The Kier molecular flexibility index (Phi) is 6.47. The summed E-state index contributed by atoms with van der Waals surface area (Å²) in [6.45, 7) is 2.05. The molecule has 25 heavy (non-hydrogen) atoms. The number of nitrogens with one attached hydrogen (secondary N) is 1. The summed E-state index contributed by atoms with van der Waals surface area (Å²) in [6, 6.07) is 8.03. The lowest BCUT2D eigenvalue weighted by molar-refractivity contribution is -0.383. The van der Waals surface area contributed by atoms with Crippen molar-refractivity contribution in [1.29, 1.82) is 0 Å². The first kappa shape index (κ1) is 18.4. The van der Waals surface area contributed by atoms with Crippen molar-refractivity contribution in [2.24, 2.45) is 0 Å². The van der Waals surface area contributed by atoms with Gasteiger partial charge >= 0.3 is 12.2 Å². The number of benzene rings is 1. The Morgan fingerprint density at radius 1 is 1.32 bits per heavy atom. The molecular weight excluding hydrogens is 348 g/mol. The van der Waals surface area contributed by atoms with E-state index in [0.717, 1.165) is 11.3 Å². The first-order valence-electron chi connectivity index (χ1n) is 7.49. The monoisotopic (exact) mass is 364 g/mol. The number of thiophene rings is 1. The van der Waals surface area contributed by atoms with E-state index in [1.54, 1.807) is 6.07 Å². The Morgan fingerprint density at radius 3 is 2.76 bits per heavy atom. The highest BCUT2D eigenvalue weighted by atomic mass is 32.1. The molecule has 0 saturated heterocycles. The van der Waals surface area contributed by atoms with Crippen LogP contribution < -0.4 is 5.32 Å². The number of hydrogen-bond acceptors (Lipinski definition) is 7. The number of carbonyl (C=O) groups is 2. The van der Waals surface area contributed by atoms with Crippen LogP contribution in [-0.4, -0.2) is 23.8 Å². The zero-order valence-corrected chi connectivity index (χ0v) is 14.2. The molecule has 0 bridgehead atoms. The van der Waals surface area contributed by atoms with Gasteiger partial charge in [-0.3, -0.25) is 15.4 Å². The maximum Gasteiger partial charge on any atom is 0.517 e. The fourth-order valence-electron chi connectivity index (χ4n) is 1.92. The Bertz CT molecular complexity index is 760. The van der Waals surface area contributed by atoms with E-state index in [2.05, 4.69) is 14.8 Å². The number of nitrogens with zero attached hydrogens (tertiary/aromatic N) is 1. The SMILES string of the molecule is CCCCOC(=O)OC(=O)Nc1ccc(-c2cccs2)cc1[N+](=O)[O-]. The van der Waals surface area contributed by atoms with Crippen LogP contribution in [0.2, 0.25) is 0 Å². The number of anilines is 1. The maximum atomic E-state index is 11.7. The summed E-state index contributed by atoms with van der Waals surface area (Å²) < 4.78 is 9.09. The van der Waals surface area contributed by atoms with E-state index in [4.69, 9.17) is 0 Å². The van der Waals surface area contributed by atoms with Gasteiger partial charge in [0.05, 0.1) is 11.5 Å². The van der Waals surface area contributed by atoms with Gasteiger partial charge in [-0.1, -0.05) is 25.5 Å². The van der Waals surface area contributed by atoms with Gasteiger partial charge in [0.25, 0.3) is 5.69 Å². The quantitative estimate of drug-likeness (QED) is 0.259. The zero-order chi connectivity index (χ0) is 18.2. The van der Waals surface area contributed by atoms with Crippen molar-refractivity contribution in [2.75, 3.05) is 11.9 Å². The van der Waals surface area contributed by atoms with Gasteiger partial charge in [-0.15, -0.1) is 11.3 Å². The van der Waals surface area contributed by atoms with Crippen LogP contribution in [0.15, 0.2) is 35.7 Å². The number of unbranched alkanes of at least 4 members (excludes halogenated alkanes) is 1. The van der Waals surface area contributed by atoms with Gasteiger partial charge < -0.3 is 9.47 Å². The number of nitro groups is 1. The largest absolute Gasteiger partial charge is 0.517 e. The Balaban J connectivity index is 2.07. The fourth-order valence-corrected chi connectivity index (χ4v) is 2.65. The summed E-state index contributed by atoms with van der Waals surface area (Å²) in [5.74, 6) is 0. The summed E-state index contributed by atoms with van der Waals surface area (Å²) in [5.41, 5.74) is 0.276. The molecule has 1 aromatic heterocycles. The topological polar surface area (TPSA) is 108 Å². The molecule has 1 amide bonds. The van der Waals surface area contributed by atoms with Crippen LogP contribution in [0.4, 0.5) is 21.0 Å². The van der Waals surface area contributed by atoms with Crippen LogP contribution in [-0.2, 0) is 9.47 Å². The Hall–Kier alpha value is -2.94. The molecular formula is C16H16N2O6S. The number of carbonyl (C=O) groups excluding carboxylic acids is 2. The van der Waals surface area contributed by atoms with Crippen LogP contribution in [0.3, 0.4) is 0 Å². The molecule has 2 aromatic rings. The first-order valence-corrected chi connectivity index (χ1v) is 8.37. The number of amides is 1. The fraction of sp³-hybridized carbons (Fsp3) is 0.250. The van der Waals surface area contributed by atoms with Crippen LogP contribution in [0, 0.1) is 10.1 Å². The number of hydrogen-bond donors (Lipinski definition) is 1. The summed E-state index contributed by atoms with van der Waals surface area (Å²) in [5, 5.41) is 15.3. The smallest absolute Gasteiger partial charge is 0.434 e. The molecule has 0 unspecified atom stereocenters. The van der Waals surface area contributed by atoms with Crippen molar-refractivity contribution in [1.82, 2.24) is 0 Å². The number of rotatable bonds is 6. The van der Waals surface area contributed by atoms with Gasteiger partial charge in [-0.05, 0) is 29.5 Å². The predicted molar refractivity (Wildman–Crippen MR) is 92.8 cm³/mol. The molecule has 1 heterocycles. The lowest BCUT2D eigenvalue weighted by Crippen LogP contribution is -2.20. The van der Waals surface area contributed by atoms with Crippen molar-refractivity contribution >= 4 is 35.0 Å². The molecule has 0 aliphatic heterocycles. The maximum absolute atomic E-state index is 11.7. The van der Waals surface area contributed by atoms with E-state index in [1.807, 2.05) is 24.4 Å². The molecule has 0 aliphatic carbocycles. The molecule has 0 radical (unpaired) electrons. The molecule has 0 fully saturated rings. The second kappa shape index (κ2) is 8.78. The van der Waals surface area contributed by atoms with E-state index in [-0.39, 0.29) is 18.0 Å². The minimum atomic E-state index is -1.15. The van der Waals surface area contributed by atoms with Gasteiger partial charge in [-0.25, -0.2) is 9.59 Å². The van der Waals surface area contributed by atoms with Gasteiger partial charge in [0.1, 0.15) is 5.69 Å². The van der Waals surface area contributed by atoms with Gasteiger partial charge in [0.15, 0.2) is 0 Å². The van der Waals surface area contributed by atoms with Gasteiger partial charge in [-0.2, -0.15) is 0 Å². The van der Waals surface area contributed by atoms with E-state index in [9.17, 15) is 19.7 Å². The van der Waals surface area contributed by atoms with Gasteiger partial charge in [0, 0.05) is 10.9 Å². The van der Waals surface area contributed by atoms with Crippen molar-refractivity contribution in [3.8, 4) is 10.4 Å². The third-order valence-electron chi connectivity index (χ3n) is 3.13. The van der Waals surface area contributed by atoms with E-state index in [1.165, 1.54) is 23.5 Å². The average Bonchev–Trinajstić information content (AvgIpc) is 3.09. The molecule has 0 aliphatic rings. The van der Waals surface area contributed by atoms with Crippen LogP contribution in [0.5, 0.6) is 0 Å². The second-order valence-corrected chi connectivity index (χ2v) is 5.88. The van der Waals surface area contributed by atoms with Crippen LogP contribution >= 0.6 is 11.3 Å². The standard InChI is InChI=1S/C16H16N2O6S/c1-2-3-8-23-16(20)24-15(19)17-12-7-6-11(10-13(12)18(21)22)14-5-4-9-25-14/h4-7,9-10H,2-3,8H2,1H3,(H,17,19). The van der Waals surface area contributed by atoms with Crippen molar-refractivity contribution in [3.05, 3.63) is 45.8 Å². The van der Waals surface area contributed by atoms with Crippen molar-refractivity contribution in [2.45, 2.75) is 19.8 Å². The minimum absolute atomic E-state index is 0.0725. The normalized spacial score (nSPS) is 10.1. The van der Waals surface area contributed by atoms with E-state index < -0.39 is 17.2 Å². The molecule has 1 aromatic carbocycles. The lowest BCUT2D eigenvalue weighted by atomic mass is 10.1. The van der Waals surface area contributed by atoms with Crippen LogP contribution in [0.25, 0.3) is 10.4 Å². The lowest BCUT2D eigenvalue weighted by Gasteiger charge is -2.07. The summed E-state index contributed by atoms with van der Waals surface area (Å²) in [4.78, 5) is 34.5. The molecule has 8 nitrogen and oxygen atoms in total. The molecule has 0 saturated carbocycles. The summed E-state index contributed by atoms with van der Waals surface area (Å²) in [6.07, 6.45) is -0.827. The third kappa shape index (κ3) is 5.28. The number of nitro benzene ring substituents is 1. The predicted octanol–water partition coefficient (Wildman–Crippen LogP) is 4.81. The molecule has 2 rings (SSSR count). The molecule has 0 spiro atoms. The first-order chi connectivity index (χ1) is 12.0.